The van der Waals surface area contributed by atoms with Crippen LogP contribution in [0.2, 0.25) is 0 Å². The van der Waals surface area contributed by atoms with Crippen molar-refractivity contribution in [1.82, 2.24) is 5.32 Å². The Balaban J connectivity index is 0.00000484. The Morgan fingerprint density at radius 2 is 2.00 bits per heavy atom. The summed E-state index contributed by atoms with van der Waals surface area (Å²) in [6.07, 6.45) is 0.678. The Labute approximate surface area is 145 Å². The molecule has 1 amide bonds. The van der Waals surface area contributed by atoms with Gasteiger partial charge in [-0.1, -0.05) is 26.0 Å². The van der Waals surface area contributed by atoms with Gasteiger partial charge in [0.25, 0.3) is 0 Å². The fourth-order valence-corrected chi connectivity index (χ4v) is 2.11. The summed E-state index contributed by atoms with van der Waals surface area (Å²) in [6, 6.07) is 5.46. The zero-order valence-corrected chi connectivity index (χ0v) is 15.2. The lowest BCUT2D eigenvalue weighted by Gasteiger charge is -2.16. The minimum absolute atomic E-state index is 0. The fourth-order valence-electron chi connectivity index (χ4n) is 2.11. The average Bonchev–Trinajstić information content (AvgIpc) is 2.45. The molecule has 0 radical (unpaired) electrons. The number of aryl methyl sites for hydroxylation is 1. The Morgan fingerprint density at radius 3 is 2.61 bits per heavy atom. The van der Waals surface area contributed by atoms with Crippen LogP contribution in [0.4, 0.5) is 0 Å². The monoisotopic (exact) mass is 344 g/mol. The Bertz CT molecular complexity index is 481. The molecular weight excluding hydrogens is 316 g/mol. The van der Waals surface area contributed by atoms with Gasteiger partial charge in [0, 0.05) is 19.2 Å². The summed E-state index contributed by atoms with van der Waals surface area (Å²) in [5, 5.41) is 2.88. The molecule has 1 atom stereocenters. The molecule has 0 fully saturated rings. The van der Waals surface area contributed by atoms with Gasteiger partial charge in [0.15, 0.2) is 0 Å². The standard InChI is InChI=1S/C17H28N2O3.ClH/c1-12(2)9-15(18)17(20)19-11-14-6-5-13(3)10-16(14)22-8-7-21-4;/h5-6,10,12,15H,7-9,11,18H2,1-4H3,(H,19,20);1H/t15-;/m0./s1. The predicted octanol–water partition coefficient (Wildman–Crippen LogP) is 2.43. The number of rotatable bonds is 9. The third-order valence-electron chi connectivity index (χ3n) is 3.28. The van der Waals surface area contributed by atoms with E-state index in [9.17, 15) is 4.79 Å². The molecule has 6 heteroatoms. The lowest BCUT2D eigenvalue weighted by molar-refractivity contribution is -0.122. The van der Waals surface area contributed by atoms with Gasteiger partial charge in [-0.25, -0.2) is 0 Å². The third kappa shape index (κ3) is 8.21. The number of nitrogens with one attached hydrogen (secondary N) is 1. The van der Waals surface area contributed by atoms with Crippen molar-refractivity contribution in [2.45, 2.75) is 39.8 Å². The van der Waals surface area contributed by atoms with Crippen molar-refractivity contribution in [2.24, 2.45) is 11.7 Å². The van der Waals surface area contributed by atoms with Gasteiger partial charge in [0.1, 0.15) is 12.4 Å². The Morgan fingerprint density at radius 1 is 1.30 bits per heavy atom. The lowest BCUT2D eigenvalue weighted by Crippen LogP contribution is -2.41. The highest BCUT2D eigenvalue weighted by Crippen LogP contribution is 2.20. The molecule has 0 heterocycles. The molecule has 0 unspecified atom stereocenters. The summed E-state index contributed by atoms with van der Waals surface area (Å²) in [7, 11) is 1.64. The largest absolute Gasteiger partial charge is 0.491 e. The summed E-state index contributed by atoms with van der Waals surface area (Å²) in [5.74, 6) is 1.04. The molecule has 0 aromatic heterocycles. The maximum Gasteiger partial charge on any atom is 0.237 e. The number of nitrogens with two attached hydrogens (primary N) is 1. The molecule has 0 saturated heterocycles. The van der Waals surface area contributed by atoms with Crippen molar-refractivity contribution in [1.29, 1.82) is 0 Å². The van der Waals surface area contributed by atoms with Crippen molar-refractivity contribution < 1.29 is 14.3 Å². The van der Waals surface area contributed by atoms with E-state index in [0.29, 0.717) is 32.1 Å². The molecule has 0 aliphatic heterocycles. The van der Waals surface area contributed by atoms with Crippen LogP contribution >= 0.6 is 12.4 Å². The number of benzene rings is 1. The summed E-state index contributed by atoms with van der Waals surface area (Å²) >= 11 is 0. The number of amides is 1. The van der Waals surface area contributed by atoms with Gasteiger partial charge in [-0.3, -0.25) is 4.79 Å². The molecule has 0 saturated carbocycles. The number of methoxy groups -OCH3 is 1. The molecule has 0 aliphatic carbocycles. The van der Waals surface area contributed by atoms with Crippen LogP contribution in [0.15, 0.2) is 18.2 Å². The van der Waals surface area contributed by atoms with Crippen molar-refractivity contribution in [3.05, 3.63) is 29.3 Å². The van der Waals surface area contributed by atoms with Crippen LogP contribution in [0.3, 0.4) is 0 Å². The summed E-state index contributed by atoms with van der Waals surface area (Å²) in [4.78, 5) is 12.0. The maximum absolute atomic E-state index is 12.0. The van der Waals surface area contributed by atoms with Crippen molar-refractivity contribution >= 4 is 18.3 Å². The predicted molar refractivity (Wildman–Crippen MR) is 95.1 cm³/mol. The third-order valence-corrected chi connectivity index (χ3v) is 3.28. The van der Waals surface area contributed by atoms with Gasteiger partial charge < -0.3 is 20.5 Å². The fraction of sp³-hybridized carbons (Fsp3) is 0.588. The molecule has 0 bridgehead atoms. The summed E-state index contributed by atoms with van der Waals surface area (Å²) < 4.78 is 10.7. The van der Waals surface area contributed by atoms with Gasteiger partial charge in [-0.15, -0.1) is 12.4 Å². The van der Waals surface area contributed by atoms with E-state index in [-0.39, 0.29) is 18.3 Å². The van der Waals surface area contributed by atoms with E-state index in [0.717, 1.165) is 16.9 Å². The van der Waals surface area contributed by atoms with Gasteiger partial charge in [0.05, 0.1) is 12.6 Å². The first-order chi connectivity index (χ1) is 10.4. The van der Waals surface area contributed by atoms with Crippen LogP contribution in [0.25, 0.3) is 0 Å². The van der Waals surface area contributed by atoms with Crippen LogP contribution in [0, 0.1) is 12.8 Å². The molecule has 132 valence electrons. The van der Waals surface area contributed by atoms with Crippen LogP contribution in [-0.2, 0) is 16.1 Å². The molecule has 5 nitrogen and oxygen atoms in total. The topological polar surface area (TPSA) is 73.6 Å². The van der Waals surface area contributed by atoms with Crippen LogP contribution in [0.1, 0.15) is 31.4 Å². The zero-order valence-electron chi connectivity index (χ0n) is 14.4. The van der Waals surface area contributed by atoms with E-state index < -0.39 is 6.04 Å². The minimum atomic E-state index is -0.469. The van der Waals surface area contributed by atoms with E-state index in [1.807, 2.05) is 25.1 Å². The molecule has 0 aliphatic rings. The van der Waals surface area contributed by atoms with Gasteiger partial charge in [0.2, 0.25) is 5.91 Å². The number of ether oxygens (including phenoxy) is 2. The average molecular weight is 345 g/mol. The summed E-state index contributed by atoms with van der Waals surface area (Å²) in [6.45, 7) is 7.52. The van der Waals surface area contributed by atoms with Gasteiger partial charge in [-0.2, -0.15) is 0 Å². The first-order valence-corrected chi connectivity index (χ1v) is 7.68. The van der Waals surface area contributed by atoms with E-state index >= 15 is 0 Å². The zero-order chi connectivity index (χ0) is 16.5. The molecular formula is C17H29ClN2O3. The molecule has 0 spiro atoms. The lowest BCUT2D eigenvalue weighted by atomic mass is 10.0. The molecule has 23 heavy (non-hydrogen) atoms. The summed E-state index contributed by atoms with van der Waals surface area (Å²) in [5.41, 5.74) is 7.93. The van der Waals surface area contributed by atoms with E-state index in [2.05, 4.69) is 19.2 Å². The Hall–Kier alpha value is -1.30. The number of carbonyl (C=O) groups is 1. The first-order valence-electron chi connectivity index (χ1n) is 7.68. The van der Waals surface area contributed by atoms with E-state index in [1.54, 1.807) is 7.11 Å². The normalized spacial score (nSPS) is 11.7. The first kappa shape index (κ1) is 21.7. The number of hydrogen-bond acceptors (Lipinski definition) is 4. The van der Waals surface area contributed by atoms with Crippen LogP contribution in [0.5, 0.6) is 5.75 Å². The number of hydrogen-bond donors (Lipinski definition) is 2. The Kier molecular flexibility index (Phi) is 10.6. The molecule has 1 aromatic carbocycles. The second-order valence-corrected chi connectivity index (χ2v) is 5.91. The molecule has 3 N–H and O–H groups in total. The molecule has 1 aromatic rings. The van der Waals surface area contributed by atoms with E-state index in [1.165, 1.54) is 0 Å². The van der Waals surface area contributed by atoms with Gasteiger partial charge in [-0.05, 0) is 30.9 Å². The minimum Gasteiger partial charge on any atom is -0.491 e. The van der Waals surface area contributed by atoms with E-state index in [4.69, 9.17) is 15.2 Å². The SMILES string of the molecule is COCCOc1cc(C)ccc1CNC(=O)[C@@H](N)CC(C)C.Cl. The van der Waals surface area contributed by atoms with Crippen molar-refractivity contribution in [3.8, 4) is 5.75 Å². The maximum atomic E-state index is 12.0. The quantitative estimate of drug-likeness (QED) is 0.675. The second-order valence-electron chi connectivity index (χ2n) is 5.91. The van der Waals surface area contributed by atoms with Crippen molar-refractivity contribution in [2.75, 3.05) is 20.3 Å². The second kappa shape index (κ2) is 11.3. The number of halogens is 1. The number of carbonyl (C=O) groups excluding carboxylic acids is 1. The van der Waals surface area contributed by atoms with Crippen LogP contribution < -0.4 is 15.8 Å². The smallest absolute Gasteiger partial charge is 0.237 e. The molecule has 1 rings (SSSR count). The highest BCUT2D eigenvalue weighted by atomic mass is 35.5. The highest BCUT2D eigenvalue weighted by molar-refractivity contribution is 5.85. The highest BCUT2D eigenvalue weighted by Gasteiger charge is 2.15. The van der Waals surface area contributed by atoms with Crippen molar-refractivity contribution in [3.63, 3.8) is 0 Å². The van der Waals surface area contributed by atoms with Gasteiger partial charge >= 0.3 is 0 Å². The van der Waals surface area contributed by atoms with Crippen LogP contribution in [-0.4, -0.2) is 32.3 Å².